The third-order valence-electron chi connectivity index (χ3n) is 6.55. The van der Waals surface area contributed by atoms with Gasteiger partial charge in [0.1, 0.15) is 5.82 Å². The molecule has 208 valence electrons. The minimum atomic E-state index is -3.63. The van der Waals surface area contributed by atoms with Crippen molar-refractivity contribution in [3.63, 3.8) is 0 Å². The van der Waals surface area contributed by atoms with Crippen LogP contribution in [0.5, 0.6) is 0 Å². The molecule has 0 bridgehead atoms. The lowest BCUT2D eigenvalue weighted by atomic mass is 10.1. The highest BCUT2D eigenvalue weighted by atomic mass is 32.2. The van der Waals surface area contributed by atoms with E-state index >= 15 is 0 Å². The highest BCUT2D eigenvalue weighted by Crippen LogP contribution is 2.24. The molecular weight excluding hydrogens is 530 g/mol. The Morgan fingerprint density at radius 2 is 1.77 bits per heavy atom. The number of amides is 1. The van der Waals surface area contributed by atoms with Gasteiger partial charge in [-0.05, 0) is 62.4 Å². The topological polar surface area (TPSA) is 135 Å². The van der Waals surface area contributed by atoms with Crippen LogP contribution in [0.15, 0.2) is 71.8 Å². The van der Waals surface area contributed by atoms with E-state index in [1.165, 1.54) is 12.1 Å². The fraction of sp³-hybridized carbons (Fsp3) is 0.310. The maximum Gasteiger partial charge on any atom is 0.230 e. The number of carbonyl (C=O) groups is 1. The molecule has 4 aromatic rings. The first-order chi connectivity index (χ1) is 19.2. The maximum atomic E-state index is 12.7. The van der Waals surface area contributed by atoms with Crippen molar-refractivity contribution >= 4 is 38.2 Å². The van der Waals surface area contributed by atoms with Crippen molar-refractivity contribution in [2.24, 2.45) is 0 Å². The number of aromatic nitrogens is 3. The SMILES string of the molecule is C[C@@H]1CN(c2cccc(-c3ccc4cnc(CC(=O)Nc5cccc(S(=O)(=O)CCO)c5)cc4n3)n2)C[C@H](C)O1. The quantitative estimate of drug-likeness (QED) is 0.332. The molecule has 0 spiro atoms. The first-order valence-corrected chi connectivity index (χ1v) is 14.7. The van der Waals surface area contributed by atoms with Gasteiger partial charge in [0.25, 0.3) is 0 Å². The van der Waals surface area contributed by atoms with Crippen LogP contribution >= 0.6 is 0 Å². The van der Waals surface area contributed by atoms with Crippen molar-refractivity contribution in [2.45, 2.75) is 37.4 Å². The number of hydrogen-bond acceptors (Lipinski definition) is 9. The van der Waals surface area contributed by atoms with Gasteiger partial charge in [0.2, 0.25) is 5.91 Å². The van der Waals surface area contributed by atoms with Crippen molar-refractivity contribution < 1.29 is 23.1 Å². The average Bonchev–Trinajstić information content (AvgIpc) is 2.92. The van der Waals surface area contributed by atoms with Gasteiger partial charge in [-0.2, -0.15) is 0 Å². The first-order valence-electron chi connectivity index (χ1n) is 13.1. The summed E-state index contributed by atoms with van der Waals surface area (Å²) in [4.78, 5) is 29.1. The normalized spacial score (nSPS) is 17.6. The molecule has 1 fully saturated rings. The Bertz CT molecular complexity index is 1640. The molecule has 1 aliphatic rings. The number of nitrogens with one attached hydrogen (secondary N) is 1. The Balaban J connectivity index is 1.32. The molecule has 1 aromatic carbocycles. The van der Waals surface area contributed by atoms with E-state index in [4.69, 9.17) is 19.8 Å². The smallest absolute Gasteiger partial charge is 0.230 e. The van der Waals surface area contributed by atoms with E-state index in [0.29, 0.717) is 22.6 Å². The van der Waals surface area contributed by atoms with Crippen LogP contribution in [-0.2, 0) is 25.8 Å². The lowest BCUT2D eigenvalue weighted by Gasteiger charge is -2.36. The van der Waals surface area contributed by atoms with Crippen molar-refractivity contribution in [3.8, 4) is 11.4 Å². The third-order valence-corrected chi connectivity index (χ3v) is 8.24. The van der Waals surface area contributed by atoms with Crippen LogP contribution in [0.1, 0.15) is 19.5 Å². The van der Waals surface area contributed by atoms with Gasteiger partial charge in [0.05, 0.1) is 58.5 Å². The molecular formula is C29H31N5O5S. The van der Waals surface area contributed by atoms with Crippen molar-refractivity contribution in [1.29, 1.82) is 0 Å². The Morgan fingerprint density at radius 3 is 2.55 bits per heavy atom. The van der Waals surface area contributed by atoms with E-state index in [1.807, 2.05) is 30.3 Å². The summed E-state index contributed by atoms with van der Waals surface area (Å²) in [5, 5.41) is 12.6. The third kappa shape index (κ3) is 6.44. The standard InChI is InChI=1S/C29H31N5O5S/c1-19-17-34(18-20(2)39-19)28-8-4-7-25(33-28)26-10-9-21-16-30-23(14-27(21)32-26)15-29(36)31-22-5-3-6-24(13-22)40(37,38)12-11-35/h3-10,13-14,16,19-20,35H,11-12,15,17-18H2,1-2H3,(H,31,36)/t19-,20+. The molecule has 4 heterocycles. The zero-order valence-electron chi connectivity index (χ0n) is 22.3. The van der Waals surface area contributed by atoms with E-state index in [-0.39, 0.29) is 35.2 Å². The van der Waals surface area contributed by atoms with Gasteiger partial charge >= 0.3 is 0 Å². The fourth-order valence-corrected chi connectivity index (χ4v) is 5.85. The molecule has 1 saturated heterocycles. The summed E-state index contributed by atoms with van der Waals surface area (Å²) in [6.45, 7) is 5.18. The van der Waals surface area contributed by atoms with Crippen LogP contribution in [0.2, 0.25) is 0 Å². The number of sulfone groups is 1. The van der Waals surface area contributed by atoms with Crippen LogP contribution in [0.3, 0.4) is 0 Å². The molecule has 2 atom stereocenters. The van der Waals surface area contributed by atoms with E-state index in [9.17, 15) is 13.2 Å². The highest BCUT2D eigenvalue weighted by Gasteiger charge is 2.23. The molecule has 0 unspecified atom stereocenters. The summed E-state index contributed by atoms with van der Waals surface area (Å²) < 4.78 is 30.3. The van der Waals surface area contributed by atoms with Gasteiger partial charge < -0.3 is 20.1 Å². The Labute approximate surface area is 233 Å². The molecule has 1 amide bonds. The molecule has 0 radical (unpaired) electrons. The van der Waals surface area contributed by atoms with Gasteiger partial charge in [-0.15, -0.1) is 0 Å². The Hall–Kier alpha value is -3.93. The fourth-order valence-electron chi connectivity index (χ4n) is 4.78. The minimum absolute atomic E-state index is 0.0173. The van der Waals surface area contributed by atoms with Crippen molar-refractivity contribution in [2.75, 3.05) is 35.7 Å². The molecule has 1 aliphatic heterocycles. The minimum Gasteiger partial charge on any atom is -0.395 e. The lowest BCUT2D eigenvalue weighted by Crippen LogP contribution is -2.45. The van der Waals surface area contributed by atoms with E-state index in [0.717, 1.165) is 30.0 Å². The van der Waals surface area contributed by atoms with Gasteiger partial charge in [-0.25, -0.2) is 18.4 Å². The first kappa shape index (κ1) is 27.6. The zero-order valence-corrected chi connectivity index (χ0v) is 23.1. The zero-order chi connectivity index (χ0) is 28.3. The van der Waals surface area contributed by atoms with Gasteiger partial charge in [-0.3, -0.25) is 9.78 Å². The van der Waals surface area contributed by atoms with Crippen molar-refractivity contribution in [1.82, 2.24) is 15.0 Å². The molecule has 0 saturated carbocycles. The van der Waals surface area contributed by atoms with E-state index in [2.05, 4.69) is 29.0 Å². The summed E-state index contributed by atoms with van der Waals surface area (Å²) in [7, 11) is -3.63. The number of hydrogen-bond donors (Lipinski definition) is 2. The number of aliphatic hydroxyl groups excluding tert-OH is 1. The highest BCUT2D eigenvalue weighted by molar-refractivity contribution is 7.91. The summed E-state index contributed by atoms with van der Waals surface area (Å²) in [6.07, 6.45) is 1.91. The lowest BCUT2D eigenvalue weighted by molar-refractivity contribution is -0.115. The second kappa shape index (κ2) is 11.7. The molecule has 5 rings (SSSR count). The average molecular weight is 562 g/mol. The summed E-state index contributed by atoms with van der Waals surface area (Å²) in [5.74, 6) is 0.149. The number of nitrogens with zero attached hydrogens (tertiary/aromatic N) is 4. The van der Waals surface area contributed by atoms with Crippen LogP contribution in [0.25, 0.3) is 22.3 Å². The number of benzene rings is 1. The predicted octanol–water partition coefficient (Wildman–Crippen LogP) is 3.25. The molecule has 2 N–H and O–H groups in total. The second-order valence-corrected chi connectivity index (χ2v) is 12.0. The largest absolute Gasteiger partial charge is 0.395 e. The number of pyridine rings is 3. The Kier molecular flexibility index (Phi) is 8.06. The number of fused-ring (bicyclic) bond motifs is 1. The van der Waals surface area contributed by atoms with Crippen molar-refractivity contribution in [3.05, 3.63) is 72.6 Å². The summed E-state index contributed by atoms with van der Waals surface area (Å²) >= 11 is 0. The predicted molar refractivity (Wildman–Crippen MR) is 153 cm³/mol. The number of rotatable bonds is 8. The number of carbonyl (C=O) groups excluding carboxylic acids is 1. The summed E-state index contributed by atoms with van der Waals surface area (Å²) in [6, 6.07) is 17.5. The molecule has 0 aliphatic carbocycles. The second-order valence-electron chi connectivity index (χ2n) is 9.90. The van der Waals surface area contributed by atoms with Crippen LogP contribution < -0.4 is 10.2 Å². The van der Waals surface area contributed by atoms with Crippen LogP contribution in [0.4, 0.5) is 11.5 Å². The molecule has 3 aromatic heterocycles. The van der Waals surface area contributed by atoms with Gasteiger partial charge in [0.15, 0.2) is 9.84 Å². The number of anilines is 2. The van der Waals surface area contributed by atoms with Gasteiger partial charge in [-0.1, -0.05) is 12.1 Å². The number of morpholine rings is 1. The monoisotopic (exact) mass is 561 g/mol. The maximum absolute atomic E-state index is 12.7. The Morgan fingerprint density at radius 1 is 1.02 bits per heavy atom. The van der Waals surface area contributed by atoms with Crippen LogP contribution in [-0.4, -0.2) is 72.0 Å². The van der Waals surface area contributed by atoms with E-state index < -0.39 is 16.4 Å². The summed E-state index contributed by atoms with van der Waals surface area (Å²) in [5.41, 5.74) is 3.02. The molecule has 40 heavy (non-hydrogen) atoms. The molecule has 10 nitrogen and oxygen atoms in total. The number of aliphatic hydroxyl groups is 1. The number of ether oxygens (including phenoxy) is 1. The van der Waals surface area contributed by atoms with Crippen LogP contribution in [0, 0.1) is 0 Å². The molecule has 11 heteroatoms. The van der Waals surface area contributed by atoms with E-state index in [1.54, 1.807) is 24.4 Å². The van der Waals surface area contributed by atoms with Gasteiger partial charge in [0, 0.05) is 30.4 Å².